The van der Waals surface area contributed by atoms with E-state index in [4.69, 9.17) is 11.6 Å². The SMILES string of the molecule is CCc1ccccc1NC(=O)Nc1ccc(Cl)c(S(=O)(=O)C2CCNCC2)c1O. The third-order valence-corrected chi connectivity index (χ3v) is 7.75. The lowest BCUT2D eigenvalue weighted by molar-refractivity contribution is 0.262. The van der Waals surface area contributed by atoms with Gasteiger partial charge >= 0.3 is 6.03 Å². The molecule has 1 fully saturated rings. The summed E-state index contributed by atoms with van der Waals surface area (Å²) in [5.41, 5.74) is 1.58. The van der Waals surface area contributed by atoms with Crippen LogP contribution in [0.4, 0.5) is 16.2 Å². The minimum absolute atomic E-state index is 0.0200. The zero-order valence-electron chi connectivity index (χ0n) is 16.0. The number of nitrogens with one attached hydrogen (secondary N) is 3. The normalized spacial score (nSPS) is 15.1. The van der Waals surface area contributed by atoms with Gasteiger partial charge in [-0.25, -0.2) is 13.2 Å². The monoisotopic (exact) mass is 437 g/mol. The summed E-state index contributed by atoms with van der Waals surface area (Å²) in [6.07, 6.45) is 1.61. The van der Waals surface area contributed by atoms with Gasteiger partial charge < -0.3 is 21.1 Å². The van der Waals surface area contributed by atoms with Crippen LogP contribution in [0.1, 0.15) is 25.3 Å². The van der Waals surface area contributed by atoms with E-state index in [0.717, 1.165) is 12.0 Å². The van der Waals surface area contributed by atoms with Crippen molar-refractivity contribution in [3.05, 3.63) is 47.0 Å². The fourth-order valence-electron chi connectivity index (χ4n) is 3.42. The molecule has 0 radical (unpaired) electrons. The number of phenolic OH excluding ortho intramolecular Hbond substituents is 1. The minimum Gasteiger partial charge on any atom is -0.504 e. The van der Waals surface area contributed by atoms with Crippen LogP contribution in [0.5, 0.6) is 5.75 Å². The average Bonchev–Trinajstić information content (AvgIpc) is 2.71. The number of sulfone groups is 1. The number of urea groups is 1. The molecule has 0 unspecified atom stereocenters. The molecule has 1 heterocycles. The number of rotatable bonds is 5. The quantitative estimate of drug-likeness (QED) is 0.532. The van der Waals surface area contributed by atoms with Crippen molar-refractivity contribution in [3.8, 4) is 5.75 Å². The van der Waals surface area contributed by atoms with Gasteiger partial charge in [-0.2, -0.15) is 0 Å². The second-order valence-electron chi connectivity index (χ2n) is 6.86. The van der Waals surface area contributed by atoms with Crippen LogP contribution >= 0.6 is 11.6 Å². The molecule has 0 aromatic heterocycles. The van der Waals surface area contributed by atoms with Crippen LogP contribution in [0.2, 0.25) is 5.02 Å². The van der Waals surface area contributed by atoms with Crippen LogP contribution in [0.15, 0.2) is 41.3 Å². The Morgan fingerprint density at radius 2 is 1.79 bits per heavy atom. The van der Waals surface area contributed by atoms with E-state index in [1.165, 1.54) is 12.1 Å². The number of carbonyl (C=O) groups excluding carboxylic acids is 1. The highest BCUT2D eigenvalue weighted by Crippen LogP contribution is 2.40. The van der Waals surface area contributed by atoms with Crippen molar-refractivity contribution in [1.29, 1.82) is 0 Å². The Bertz CT molecular complexity index is 1000. The first-order valence-corrected chi connectivity index (χ1v) is 11.4. The number of hydrogen-bond acceptors (Lipinski definition) is 5. The van der Waals surface area contributed by atoms with E-state index in [-0.39, 0.29) is 15.6 Å². The Morgan fingerprint density at radius 1 is 1.14 bits per heavy atom. The van der Waals surface area contributed by atoms with Crippen LogP contribution in [0.3, 0.4) is 0 Å². The van der Waals surface area contributed by atoms with E-state index >= 15 is 0 Å². The number of aryl methyl sites for hydroxylation is 1. The predicted octanol–water partition coefficient (Wildman–Crippen LogP) is 3.78. The van der Waals surface area contributed by atoms with E-state index in [9.17, 15) is 18.3 Å². The lowest BCUT2D eigenvalue weighted by Gasteiger charge is -2.24. The standard InChI is InChI=1S/C20H24ClN3O4S/c1-2-13-5-3-4-6-16(13)23-20(26)24-17-8-7-15(21)19(18(17)25)29(27,28)14-9-11-22-12-10-14/h3-8,14,22,25H,2,9-12H2,1H3,(H2,23,24,26). The number of benzene rings is 2. The van der Waals surface area contributed by atoms with Gasteiger partial charge in [-0.1, -0.05) is 36.7 Å². The molecule has 0 saturated carbocycles. The molecule has 9 heteroatoms. The summed E-state index contributed by atoms with van der Waals surface area (Å²) >= 11 is 6.13. The van der Waals surface area contributed by atoms with Crippen molar-refractivity contribution in [1.82, 2.24) is 5.32 Å². The number of aromatic hydroxyl groups is 1. The molecule has 1 saturated heterocycles. The van der Waals surface area contributed by atoms with Gasteiger partial charge in [0.2, 0.25) is 0 Å². The first-order chi connectivity index (χ1) is 13.8. The minimum atomic E-state index is -3.84. The molecule has 2 aromatic rings. The molecule has 2 aromatic carbocycles. The van der Waals surface area contributed by atoms with Crippen molar-refractivity contribution in [2.75, 3.05) is 23.7 Å². The summed E-state index contributed by atoms with van der Waals surface area (Å²) in [7, 11) is -3.84. The molecule has 0 atom stereocenters. The Kier molecular flexibility index (Phi) is 6.66. The summed E-state index contributed by atoms with van der Waals surface area (Å²) in [5, 5.41) is 18.3. The van der Waals surface area contributed by atoms with Gasteiger partial charge in [0.25, 0.3) is 0 Å². The molecule has 0 aliphatic carbocycles. The average molecular weight is 438 g/mol. The number of carbonyl (C=O) groups is 1. The van der Waals surface area contributed by atoms with Crippen molar-refractivity contribution < 1.29 is 18.3 Å². The molecule has 156 valence electrons. The van der Waals surface area contributed by atoms with E-state index in [1.807, 2.05) is 19.1 Å². The van der Waals surface area contributed by atoms with Crippen molar-refractivity contribution in [2.45, 2.75) is 36.3 Å². The van der Waals surface area contributed by atoms with Gasteiger partial charge in [-0.05, 0) is 56.1 Å². The Labute approximate surface area is 175 Å². The molecule has 1 aliphatic rings. The van der Waals surface area contributed by atoms with Crippen molar-refractivity contribution in [2.24, 2.45) is 0 Å². The number of amides is 2. The Hall–Kier alpha value is -2.29. The van der Waals surface area contributed by atoms with Crippen LogP contribution in [-0.2, 0) is 16.3 Å². The van der Waals surface area contributed by atoms with Gasteiger partial charge in [0.15, 0.2) is 15.6 Å². The topological polar surface area (TPSA) is 108 Å². The van der Waals surface area contributed by atoms with Gasteiger partial charge in [-0.15, -0.1) is 0 Å². The van der Waals surface area contributed by atoms with Gasteiger partial charge in [-0.3, -0.25) is 0 Å². The molecule has 7 nitrogen and oxygen atoms in total. The summed E-state index contributed by atoms with van der Waals surface area (Å²) in [6.45, 7) is 3.14. The molecule has 29 heavy (non-hydrogen) atoms. The predicted molar refractivity (Wildman–Crippen MR) is 115 cm³/mol. The van der Waals surface area contributed by atoms with E-state index < -0.39 is 26.9 Å². The maximum Gasteiger partial charge on any atom is 0.323 e. The number of phenols is 1. The third-order valence-electron chi connectivity index (χ3n) is 4.99. The second-order valence-corrected chi connectivity index (χ2v) is 9.43. The summed E-state index contributed by atoms with van der Waals surface area (Å²) in [6, 6.07) is 9.51. The van der Waals surface area contributed by atoms with Crippen molar-refractivity contribution >= 4 is 38.8 Å². The summed E-state index contributed by atoms with van der Waals surface area (Å²) in [5.74, 6) is -0.546. The van der Waals surface area contributed by atoms with Crippen LogP contribution in [0, 0.1) is 0 Å². The molecular formula is C20H24ClN3O4S. The molecule has 2 amide bonds. The molecular weight excluding hydrogens is 414 g/mol. The third kappa shape index (κ3) is 4.66. The van der Waals surface area contributed by atoms with Crippen molar-refractivity contribution in [3.63, 3.8) is 0 Å². The maximum absolute atomic E-state index is 13.0. The Balaban J connectivity index is 1.86. The van der Waals surface area contributed by atoms with E-state index in [2.05, 4.69) is 16.0 Å². The fraction of sp³-hybridized carbons (Fsp3) is 0.350. The zero-order chi connectivity index (χ0) is 21.0. The smallest absolute Gasteiger partial charge is 0.323 e. The maximum atomic E-state index is 13.0. The summed E-state index contributed by atoms with van der Waals surface area (Å²) in [4.78, 5) is 12.1. The number of hydrogen-bond donors (Lipinski definition) is 4. The number of anilines is 2. The van der Waals surface area contributed by atoms with Crippen LogP contribution in [0.25, 0.3) is 0 Å². The summed E-state index contributed by atoms with van der Waals surface area (Å²) < 4.78 is 26.1. The molecule has 0 bridgehead atoms. The highest BCUT2D eigenvalue weighted by Gasteiger charge is 2.34. The zero-order valence-corrected chi connectivity index (χ0v) is 17.6. The Morgan fingerprint density at radius 3 is 2.48 bits per heavy atom. The first-order valence-electron chi connectivity index (χ1n) is 9.46. The number of piperidine rings is 1. The lowest BCUT2D eigenvalue weighted by atomic mass is 10.1. The number of para-hydroxylation sites is 1. The van der Waals surface area contributed by atoms with Gasteiger partial charge in [0.05, 0.1) is 16.0 Å². The first kappa shape index (κ1) is 21.4. The van der Waals surface area contributed by atoms with E-state index in [1.54, 1.807) is 12.1 Å². The van der Waals surface area contributed by atoms with Gasteiger partial charge in [0, 0.05) is 5.69 Å². The van der Waals surface area contributed by atoms with Crippen LogP contribution in [-0.4, -0.2) is 37.9 Å². The van der Waals surface area contributed by atoms with Crippen LogP contribution < -0.4 is 16.0 Å². The van der Waals surface area contributed by atoms with Gasteiger partial charge in [0.1, 0.15) is 4.90 Å². The largest absolute Gasteiger partial charge is 0.504 e. The molecule has 4 N–H and O–H groups in total. The molecule has 1 aliphatic heterocycles. The fourth-order valence-corrected chi connectivity index (χ4v) is 5.80. The number of halogens is 1. The molecule has 0 spiro atoms. The van der Waals surface area contributed by atoms with E-state index in [0.29, 0.717) is 31.6 Å². The second kappa shape index (κ2) is 9.02. The lowest BCUT2D eigenvalue weighted by Crippen LogP contribution is -2.36. The highest BCUT2D eigenvalue weighted by molar-refractivity contribution is 7.92. The highest BCUT2D eigenvalue weighted by atomic mass is 35.5. The molecule has 3 rings (SSSR count).